The van der Waals surface area contributed by atoms with E-state index < -0.39 is 10.8 Å². The smallest absolute Gasteiger partial charge is 0.258 e. The number of nitrogens with zero attached hydrogens (tertiary/aromatic N) is 4. The SMILES string of the molecule is Cc1cc([N+](=O)[O-])c(C)cc1C(C#N)c1nc(-c2cscn2)cs1. The van der Waals surface area contributed by atoms with Crippen LogP contribution in [0.25, 0.3) is 11.4 Å². The topological polar surface area (TPSA) is 92.7 Å². The minimum absolute atomic E-state index is 0.0650. The molecule has 0 fully saturated rings. The second kappa shape index (κ2) is 6.47. The third-order valence-electron chi connectivity index (χ3n) is 3.69. The van der Waals surface area contributed by atoms with Gasteiger partial charge in [0.15, 0.2) is 0 Å². The molecular formula is C16H12N4O2S2. The summed E-state index contributed by atoms with van der Waals surface area (Å²) in [6.45, 7) is 3.46. The van der Waals surface area contributed by atoms with E-state index >= 15 is 0 Å². The van der Waals surface area contributed by atoms with Crippen LogP contribution in [0.15, 0.2) is 28.4 Å². The quantitative estimate of drug-likeness (QED) is 0.509. The molecule has 6 nitrogen and oxygen atoms in total. The predicted molar refractivity (Wildman–Crippen MR) is 93.2 cm³/mol. The van der Waals surface area contributed by atoms with E-state index in [2.05, 4.69) is 16.0 Å². The maximum absolute atomic E-state index is 11.1. The Morgan fingerprint density at radius 1 is 1.25 bits per heavy atom. The highest BCUT2D eigenvalue weighted by Gasteiger charge is 2.23. The Bertz CT molecular complexity index is 942. The van der Waals surface area contributed by atoms with Crippen molar-refractivity contribution in [3.63, 3.8) is 0 Å². The summed E-state index contributed by atoms with van der Waals surface area (Å²) in [5, 5.41) is 25.1. The number of thiazole rings is 2. The van der Waals surface area contributed by atoms with Gasteiger partial charge in [-0.25, -0.2) is 9.97 Å². The van der Waals surface area contributed by atoms with Crippen LogP contribution >= 0.6 is 22.7 Å². The molecule has 120 valence electrons. The number of nitriles is 1. The first-order valence-electron chi connectivity index (χ1n) is 7.00. The fraction of sp³-hybridized carbons (Fsp3) is 0.188. The molecule has 3 rings (SSSR count). The number of hydrogen-bond acceptors (Lipinski definition) is 7. The van der Waals surface area contributed by atoms with Crippen LogP contribution in [0.3, 0.4) is 0 Å². The first-order chi connectivity index (χ1) is 11.5. The molecule has 1 aromatic carbocycles. The van der Waals surface area contributed by atoms with Crippen molar-refractivity contribution < 1.29 is 4.92 Å². The molecule has 0 aliphatic carbocycles. The van der Waals surface area contributed by atoms with Crippen molar-refractivity contribution >= 4 is 28.4 Å². The van der Waals surface area contributed by atoms with Gasteiger partial charge in [-0.2, -0.15) is 5.26 Å². The van der Waals surface area contributed by atoms with Gasteiger partial charge in [-0.05, 0) is 31.0 Å². The van der Waals surface area contributed by atoms with Crippen LogP contribution in [0.4, 0.5) is 5.69 Å². The second-order valence-electron chi connectivity index (χ2n) is 5.26. The Kier molecular flexibility index (Phi) is 4.38. The van der Waals surface area contributed by atoms with E-state index in [-0.39, 0.29) is 5.69 Å². The van der Waals surface area contributed by atoms with Gasteiger partial charge in [-0.15, -0.1) is 22.7 Å². The van der Waals surface area contributed by atoms with Crippen LogP contribution < -0.4 is 0 Å². The zero-order valence-corrected chi connectivity index (χ0v) is 14.5. The lowest BCUT2D eigenvalue weighted by Gasteiger charge is -2.11. The van der Waals surface area contributed by atoms with Gasteiger partial charge in [0.2, 0.25) is 0 Å². The standard InChI is InChI=1S/C16H12N4O2S2/c1-9-4-15(20(21)22)10(2)3-11(9)12(5-17)16-19-14(7-24-16)13-6-23-8-18-13/h3-4,6-8,12H,1-2H3. The summed E-state index contributed by atoms with van der Waals surface area (Å²) in [7, 11) is 0. The monoisotopic (exact) mass is 356 g/mol. The molecule has 3 aromatic rings. The number of hydrogen-bond donors (Lipinski definition) is 0. The first-order valence-corrected chi connectivity index (χ1v) is 8.82. The fourth-order valence-electron chi connectivity index (χ4n) is 2.47. The Morgan fingerprint density at radius 2 is 2.04 bits per heavy atom. The van der Waals surface area contributed by atoms with Crippen molar-refractivity contribution in [2.24, 2.45) is 0 Å². The molecule has 0 spiro atoms. The van der Waals surface area contributed by atoms with Gasteiger partial charge >= 0.3 is 0 Å². The van der Waals surface area contributed by atoms with Crippen LogP contribution in [0.5, 0.6) is 0 Å². The molecule has 0 N–H and O–H groups in total. The lowest BCUT2D eigenvalue weighted by molar-refractivity contribution is -0.385. The van der Waals surface area contributed by atoms with Gasteiger partial charge in [0, 0.05) is 22.4 Å². The molecule has 2 aromatic heterocycles. The van der Waals surface area contributed by atoms with E-state index in [1.165, 1.54) is 28.7 Å². The van der Waals surface area contributed by atoms with E-state index in [0.29, 0.717) is 16.1 Å². The van der Waals surface area contributed by atoms with Gasteiger partial charge in [-0.1, -0.05) is 0 Å². The molecule has 0 saturated heterocycles. The molecular weight excluding hydrogens is 344 g/mol. The molecule has 24 heavy (non-hydrogen) atoms. The van der Waals surface area contributed by atoms with E-state index in [1.54, 1.807) is 25.4 Å². The largest absolute Gasteiger partial charge is 0.272 e. The second-order valence-corrected chi connectivity index (χ2v) is 6.87. The highest BCUT2D eigenvalue weighted by atomic mass is 32.1. The van der Waals surface area contributed by atoms with Crippen molar-refractivity contribution in [3.05, 3.63) is 60.2 Å². The van der Waals surface area contributed by atoms with Gasteiger partial charge < -0.3 is 0 Å². The highest BCUT2D eigenvalue weighted by molar-refractivity contribution is 7.10. The maximum Gasteiger partial charge on any atom is 0.272 e. The number of nitro benzene ring substituents is 1. The van der Waals surface area contributed by atoms with Crippen LogP contribution in [0.1, 0.15) is 27.6 Å². The number of nitro groups is 1. The summed E-state index contributed by atoms with van der Waals surface area (Å²) in [4.78, 5) is 19.4. The van der Waals surface area contributed by atoms with E-state index in [4.69, 9.17) is 0 Å². The fourth-order valence-corrected chi connectivity index (χ4v) is 3.88. The summed E-state index contributed by atoms with van der Waals surface area (Å²) in [5.74, 6) is -0.554. The molecule has 2 heterocycles. The normalized spacial score (nSPS) is 11.9. The zero-order chi connectivity index (χ0) is 17.3. The number of rotatable bonds is 4. The first kappa shape index (κ1) is 16.2. The number of benzene rings is 1. The van der Waals surface area contributed by atoms with E-state index in [0.717, 1.165) is 17.0 Å². The lowest BCUT2D eigenvalue weighted by Crippen LogP contribution is -2.03. The summed E-state index contributed by atoms with van der Waals surface area (Å²) in [5.41, 5.74) is 5.33. The van der Waals surface area contributed by atoms with Crippen molar-refractivity contribution in [1.29, 1.82) is 5.26 Å². The Morgan fingerprint density at radius 3 is 2.67 bits per heavy atom. The van der Waals surface area contributed by atoms with Crippen molar-refractivity contribution in [2.45, 2.75) is 19.8 Å². The predicted octanol–water partition coefficient (Wildman–Crippen LogP) is 4.45. The maximum atomic E-state index is 11.1. The molecule has 1 unspecified atom stereocenters. The van der Waals surface area contributed by atoms with Crippen molar-refractivity contribution in [3.8, 4) is 17.5 Å². The molecule has 1 atom stereocenters. The third-order valence-corrected chi connectivity index (χ3v) is 5.18. The van der Waals surface area contributed by atoms with Crippen molar-refractivity contribution in [1.82, 2.24) is 9.97 Å². The van der Waals surface area contributed by atoms with Crippen LogP contribution in [-0.2, 0) is 0 Å². The minimum atomic E-state index is -0.554. The van der Waals surface area contributed by atoms with Crippen LogP contribution in [0.2, 0.25) is 0 Å². The molecule has 0 aliphatic rings. The summed E-state index contributed by atoms with van der Waals surface area (Å²) in [6.07, 6.45) is 0. The molecule has 0 aliphatic heterocycles. The average Bonchev–Trinajstić information content (AvgIpc) is 3.21. The minimum Gasteiger partial charge on any atom is -0.258 e. The molecule has 8 heteroatoms. The van der Waals surface area contributed by atoms with E-state index in [9.17, 15) is 15.4 Å². The molecule has 0 amide bonds. The average molecular weight is 356 g/mol. The Hall–Kier alpha value is -2.63. The Labute approximate surface area is 146 Å². The highest BCUT2D eigenvalue weighted by Crippen LogP contribution is 2.34. The van der Waals surface area contributed by atoms with Gasteiger partial charge in [-0.3, -0.25) is 10.1 Å². The lowest BCUT2D eigenvalue weighted by atomic mass is 9.94. The molecule has 0 saturated carbocycles. The Balaban J connectivity index is 2.03. The summed E-state index contributed by atoms with van der Waals surface area (Å²) in [6, 6.07) is 5.50. The number of aromatic nitrogens is 2. The molecule has 0 radical (unpaired) electrons. The third kappa shape index (κ3) is 2.91. The summed E-state index contributed by atoms with van der Waals surface area (Å²) >= 11 is 2.89. The number of aryl methyl sites for hydroxylation is 2. The van der Waals surface area contributed by atoms with Gasteiger partial charge in [0.1, 0.15) is 22.3 Å². The van der Waals surface area contributed by atoms with Crippen LogP contribution in [0, 0.1) is 35.3 Å². The summed E-state index contributed by atoms with van der Waals surface area (Å²) < 4.78 is 0. The van der Waals surface area contributed by atoms with Crippen LogP contribution in [-0.4, -0.2) is 14.9 Å². The van der Waals surface area contributed by atoms with E-state index in [1.807, 2.05) is 10.8 Å². The molecule has 0 bridgehead atoms. The van der Waals surface area contributed by atoms with Gasteiger partial charge in [0.25, 0.3) is 5.69 Å². The zero-order valence-electron chi connectivity index (χ0n) is 12.9. The van der Waals surface area contributed by atoms with Crippen molar-refractivity contribution in [2.75, 3.05) is 0 Å². The van der Waals surface area contributed by atoms with Gasteiger partial charge in [0.05, 0.1) is 16.5 Å².